The number of hydrogen-bond donors (Lipinski definition) is 1. The summed E-state index contributed by atoms with van der Waals surface area (Å²) in [7, 11) is 0. The summed E-state index contributed by atoms with van der Waals surface area (Å²) in [5.41, 5.74) is 6.92. The maximum atomic E-state index is 5.99. The van der Waals surface area contributed by atoms with Gasteiger partial charge in [-0.3, -0.25) is 0 Å². The van der Waals surface area contributed by atoms with Gasteiger partial charge in [0.25, 0.3) is 0 Å². The van der Waals surface area contributed by atoms with Gasteiger partial charge >= 0.3 is 0 Å². The molecule has 0 bridgehead atoms. The molecule has 17 heavy (non-hydrogen) atoms. The van der Waals surface area contributed by atoms with Crippen LogP contribution in [0.15, 0.2) is 18.5 Å². The molecule has 1 aliphatic rings. The van der Waals surface area contributed by atoms with Crippen molar-refractivity contribution in [1.82, 2.24) is 19.5 Å². The monoisotopic (exact) mass is 249 g/mol. The number of fused-ring (bicyclic) bond motifs is 1. The first-order valence-electron chi connectivity index (χ1n) is 5.49. The SMILES string of the molecule is C[C@H]1C=CC(n2cnc3c(Cl)nc(N)nc32)C1. The number of rotatable bonds is 1. The summed E-state index contributed by atoms with van der Waals surface area (Å²) in [4.78, 5) is 12.4. The van der Waals surface area contributed by atoms with Crippen LogP contribution in [0, 0.1) is 5.92 Å². The molecule has 0 aliphatic heterocycles. The van der Waals surface area contributed by atoms with Gasteiger partial charge in [0.2, 0.25) is 5.95 Å². The highest BCUT2D eigenvalue weighted by molar-refractivity contribution is 6.33. The molecule has 0 aromatic carbocycles. The van der Waals surface area contributed by atoms with E-state index in [1.165, 1.54) is 0 Å². The Labute approximate surface area is 103 Å². The first-order valence-corrected chi connectivity index (χ1v) is 5.87. The fourth-order valence-electron chi connectivity index (χ4n) is 2.20. The number of halogens is 1. The van der Waals surface area contributed by atoms with Crippen LogP contribution in [0.25, 0.3) is 11.2 Å². The lowest BCUT2D eigenvalue weighted by atomic mass is 10.1. The van der Waals surface area contributed by atoms with E-state index in [9.17, 15) is 0 Å². The van der Waals surface area contributed by atoms with Gasteiger partial charge in [-0.05, 0) is 12.3 Å². The Morgan fingerprint density at radius 3 is 2.94 bits per heavy atom. The predicted octanol–water partition coefficient (Wildman–Crippen LogP) is 2.20. The van der Waals surface area contributed by atoms with Crippen molar-refractivity contribution in [3.05, 3.63) is 23.6 Å². The topological polar surface area (TPSA) is 69.6 Å². The zero-order valence-corrected chi connectivity index (χ0v) is 10.1. The van der Waals surface area contributed by atoms with E-state index in [4.69, 9.17) is 17.3 Å². The van der Waals surface area contributed by atoms with Crippen LogP contribution >= 0.6 is 11.6 Å². The Balaban J connectivity index is 2.15. The van der Waals surface area contributed by atoms with Gasteiger partial charge in [-0.2, -0.15) is 9.97 Å². The van der Waals surface area contributed by atoms with Gasteiger partial charge in [-0.25, -0.2) is 4.98 Å². The number of hydrogen-bond acceptors (Lipinski definition) is 4. The number of anilines is 1. The fourth-order valence-corrected chi connectivity index (χ4v) is 2.42. The third-order valence-electron chi connectivity index (χ3n) is 3.03. The van der Waals surface area contributed by atoms with Crippen LogP contribution in [-0.2, 0) is 0 Å². The second kappa shape index (κ2) is 3.70. The van der Waals surface area contributed by atoms with E-state index in [-0.39, 0.29) is 12.0 Å². The third-order valence-corrected chi connectivity index (χ3v) is 3.29. The number of allylic oxidation sites excluding steroid dienone is 2. The Bertz CT molecular complexity index is 603. The van der Waals surface area contributed by atoms with E-state index >= 15 is 0 Å². The molecule has 2 atom stereocenters. The van der Waals surface area contributed by atoms with Gasteiger partial charge in [0.1, 0.15) is 5.52 Å². The van der Waals surface area contributed by atoms with Gasteiger partial charge < -0.3 is 10.3 Å². The van der Waals surface area contributed by atoms with Crippen molar-refractivity contribution < 1.29 is 0 Å². The first-order chi connectivity index (χ1) is 8.15. The molecule has 1 unspecified atom stereocenters. The quantitative estimate of drug-likeness (QED) is 0.621. The van der Waals surface area contributed by atoms with E-state index in [0.717, 1.165) is 6.42 Å². The summed E-state index contributed by atoms with van der Waals surface area (Å²) in [5.74, 6) is 0.756. The highest BCUT2D eigenvalue weighted by Crippen LogP contribution is 2.30. The molecule has 0 radical (unpaired) electrons. The van der Waals surface area contributed by atoms with Crippen LogP contribution in [0.1, 0.15) is 19.4 Å². The molecule has 0 spiro atoms. The van der Waals surface area contributed by atoms with Crippen LogP contribution in [0.2, 0.25) is 5.15 Å². The molecule has 2 aromatic rings. The van der Waals surface area contributed by atoms with Crippen molar-refractivity contribution in [2.75, 3.05) is 5.73 Å². The fraction of sp³-hybridized carbons (Fsp3) is 0.364. The third kappa shape index (κ3) is 1.67. The van der Waals surface area contributed by atoms with E-state index in [1.54, 1.807) is 6.33 Å². The largest absolute Gasteiger partial charge is 0.368 e. The summed E-state index contributed by atoms with van der Waals surface area (Å²) in [5, 5.41) is 0.307. The smallest absolute Gasteiger partial charge is 0.223 e. The normalized spacial score (nSPS) is 23.6. The molecular weight excluding hydrogens is 238 g/mol. The van der Waals surface area contributed by atoms with Crippen LogP contribution in [0.4, 0.5) is 5.95 Å². The molecule has 2 aromatic heterocycles. The van der Waals surface area contributed by atoms with E-state index in [1.807, 2.05) is 4.57 Å². The van der Waals surface area contributed by atoms with Crippen molar-refractivity contribution >= 4 is 28.7 Å². The minimum atomic E-state index is 0.180. The van der Waals surface area contributed by atoms with Crippen molar-refractivity contribution in [3.63, 3.8) is 0 Å². The average molecular weight is 250 g/mol. The van der Waals surface area contributed by atoms with Crippen LogP contribution in [0.5, 0.6) is 0 Å². The highest BCUT2D eigenvalue weighted by Gasteiger charge is 2.20. The van der Waals surface area contributed by atoms with Gasteiger partial charge in [0.05, 0.1) is 12.4 Å². The first kappa shape index (κ1) is 10.5. The zero-order valence-electron chi connectivity index (χ0n) is 9.34. The molecule has 3 rings (SSSR count). The molecule has 0 fully saturated rings. The number of imidazole rings is 1. The Kier molecular flexibility index (Phi) is 2.29. The Morgan fingerprint density at radius 1 is 1.41 bits per heavy atom. The second-order valence-corrected chi connectivity index (χ2v) is 4.72. The standard InChI is InChI=1S/C11H12ClN5/c1-6-2-3-7(4-6)17-5-14-8-9(12)15-11(13)16-10(8)17/h2-3,5-7H,4H2,1H3,(H2,13,15,16)/t6-,7?/m0/s1. The van der Waals surface area contributed by atoms with Crippen LogP contribution in [0.3, 0.4) is 0 Å². The van der Waals surface area contributed by atoms with Crippen molar-refractivity contribution in [1.29, 1.82) is 0 Å². The van der Waals surface area contributed by atoms with Crippen molar-refractivity contribution in [3.8, 4) is 0 Å². The molecule has 88 valence electrons. The van der Waals surface area contributed by atoms with Crippen molar-refractivity contribution in [2.24, 2.45) is 5.92 Å². The minimum absolute atomic E-state index is 0.180. The predicted molar refractivity (Wildman–Crippen MR) is 66.7 cm³/mol. The lowest BCUT2D eigenvalue weighted by Crippen LogP contribution is -2.06. The molecule has 6 heteroatoms. The summed E-state index contributed by atoms with van der Waals surface area (Å²) in [6.45, 7) is 2.19. The zero-order chi connectivity index (χ0) is 12.0. The lowest BCUT2D eigenvalue weighted by Gasteiger charge is -2.11. The maximum absolute atomic E-state index is 5.99. The molecule has 0 amide bonds. The van der Waals surface area contributed by atoms with E-state index < -0.39 is 0 Å². The van der Waals surface area contributed by atoms with Gasteiger partial charge in [-0.1, -0.05) is 30.7 Å². The number of nitrogens with two attached hydrogens (primary N) is 1. The maximum Gasteiger partial charge on any atom is 0.223 e. The van der Waals surface area contributed by atoms with Crippen molar-refractivity contribution in [2.45, 2.75) is 19.4 Å². The van der Waals surface area contributed by atoms with Gasteiger partial charge in [-0.15, -0.1) is 0 Å². The van der Waals surface area contributed by atoms with Crippen LogP contribution in [-0.4, -0.2) is 19.5 Å². The van der Waals surface area contributed by atoms with Gasteiger partial charge in [0.15, 0.2) is 10.8 Å². The van der Waals surface area contributed by atoms with Crippen LogP contribution < -0.4 is 5.73 Å². The molecule has 5 nitrogen and oxygen atoms in total. The minimum Gasteiger partial charge on any atom is -0.368 e. The number of nitrogen functional groups attached to an aromatic ring is 1. The molecule has 0 saturated carbocycles. The summed E-state index contributed by atoms with van der Waals surface area (Å²) >= 11 is 5.99. The van der Waals surface area contributed by atoms with E-state index in [2.05, 4.69) is 34.0 Å². The lowest BCUT2D eigenvalue weighted by molar-refractivity contribution is 0.536. The summed E-state index contributed by atoms with van der Waals surface area (Å²) in [6, 6.07) is 0.278. The number of aromatic nitrogens is 4. The summed E-state index contributed by atoms with van der Waals surface area (Å²) in [6.07, 6.45) is 7.16. The van der Waals surface area contributed by atoms with Gasteiger partial charge in [0, 0.05) is 0 Å². The second-order valence-electron chi connectivity index (χ2n) is 4.36. The van der Waals surface area contributed by atoms with E-state index in [0.29, 0.717) is 22.2 Å². The Hall–Kier alpha value is -1.62. The molecule has 1 aliphatic carbocycles. The Morgan fingerprint density at radius 2 is 2.24 bits per heavy atom. The summed E-state index contributed by atoms with van der Waals surface area (Å²) < 4.78 is 2.00. The molecule has 0 saturated heterocycles. The molecule has 2 heterocycles. The molecule has 2 N–H and O–H groups in total. The number of nitrogens with zero attached hydrogens (tertiary/aromatic N) is 4. The molecular formula is C11H12ClN5. The average Bonchev–Trinajstić information content (AvgIpc) is 2.83. The highest BCUT2D eigenvalue weighted by atomic mass is 35.5.